The Morgan fingerprint density at radius 1 is 1.25 bits per heavy atom. The van der Waals surface area contributed by atoms with Gasteiger partial charge in [-0.05, 0) is 39.2 Å². The summed E-state index contributed by atoms with van der Waals surface area (Å²) in [6.45, 7) is 7.67. The quantitative estimate of drug-likeness (QED) is 0.674. The largest absolute Gasteiger partial charge is 0.343 e. The number of hydrogen-bond acceptors (Lipinski definition) is 2. The summed E-state index contributed by atoms with van der Waals surface area (Å²) in [4.78, 5) is 13.6. The lowest BCUT2D eigenvalue weighted by Crippen LogP contribution is -2.33. The van der Waals surface area contributed by atoms with Gasteiger partial charge < -0.3 is 10.2 Å². The molecule has 0 aromatic rings. The average Bonchev–Trinajstić information content (AvgIpc) is 2.79. The van der Waals surface area contributed by atoms with Crippen LogP contribution in [0, 0.1) is 5.92 Å². The molecule has 0 heterocycles. The number of rotatable bonds is 7. The van der Waals surface area contributed by atoms with Crippen LogP contribution in [0.4, 0.5) is 0 Å². The first-order valence-electron chi connectivity index (χ1n) is 6.76. The fourth-order valence-corrected chi connectivity index (χ4v) is 2.45. The van der Waals surface area contributed by atoms with Gasteiger partial charge in [0.25, 0.3) is 0 Å². The standard InChI is InChI=1S/C13H26N2O/c1-3-15(4-2)13(16)9-10-14-11-12-7-5-6-8-12/h12,14H,3-11H2,1-2H3. The summed E-state index contributed by atoms with van der Waals surface area (Å²) in [5, 5.41) is 3.41. The molecule has 0 aliphatic heterocycles. The van der Waals surface area contributed by atoms with E-state index in [0.717, 1.165) is 32.1 Å². The molecule has 1 aliphatic carbocycles. The summed E-state index contributed by atoms with van der Waals surface area (Å²) in [7, 11) is 0. The minimum absolute atomic E-state index is 0.281. The van der Waals surface area contributed by atoms with Crippen molar-refractivity contribution in [3.63, 3.8) is 0 Å². The Morgan fingerprint density at radius 2 is 1.88 bits per heavy atom. The lowest BCUT2D eigenvalue weighted by Gasteiger charge is -2.19. The lowest BCUT2D eigenvalue weighted by molar-refractivity contribution is -0.130. The molecule has 16 heavy (non-hydrogen) atoms. The van der Waals surface area contributed by atoms with Crippen LogP contribution in [0.25, 0.3) is 0 Å². The molecule has 0 saturated heterocycles. The second kappa shape index (κ2) is 7.66. The number of amides is 1. The Balaban J connectivity index is 2.03. The SMILES string of the molecule is CCN(CC)C(=O)CCNCC1CCCC1. The van der Waals surface area contributed by atoms with E-state index in [4.69, 9.17) is 0 Å². The summed E-state index contributed by atoms with van der Waals surface area (Å²) >= 11 is 0. The number of nitrogens with zero attached hydrogens (tertiary/aromatic N) is 1. The van der Waals surface area contributed by atoms with Gasteiger partial charge in [0.15, 0.2) is 0 Å². The lowest BCUT2D eigenvalue weighted by atomic mass is 10.1. The van der Waals surface area contributed by atoms with Gasteiger partial charge in [0.2, 0.25) is 5.91 Å². The number of nitrogens with one attached hydrogen (secondary N) is 1. The van der Waals surface area contributed by atoms with Crippen molar-refractivity contribution in [2.45, 2.75) is 46.0 Å². The number of carbonyl (C=O) groups is 1. The Kier molecular flexibility index (Phi) is 6.46. The molecule has 1 N–H and O–H groups in total. The van der Waals surface area contributed by atoms with Crippen LogP contribution in [0.3, 0.4) is 0 Å². The Morgan fingerprint density at radius 3 is 2.44 bits per heavy atom. The third-order valence-electron chi connectivity index (χ3n) is 3.54. The minimum Gasteiger partial charge on any atom is -0.343 e. The van der Waals surface area contributed by atoms with Crippen molar-refractivity contribution in [3.8, 4) is 0 Å². The van der Waals surface area contributed by atoms with E-state index >= 15 is 0 Å². The van der Waals surface area contributed by atoms with Crippen molar-refractivity contribution < 1.29 is 4.79 Å². The first kappa shape index (κ1) is 13.5. The average molecular weight is 226 g/mol. The predicted octanol–water partition coefficient (Wildman–Crippen LogP) is 2.02. The van der Waals surface area contributed by atoms with Gasteiger partial charge in [-0.3, -0.25) is 4.79 Å². The smallest absolute Gasteiger partial charge is 0.223 e. The van der Waals surface area contributed by atoms with Crippen LogP contribution in [0.1, 0.15) is 46.0 Å². The second-order valence-electron chi connectivity index (χ2n) is 4.67. The van der Waals surface area contributed by atoms with Crippen molar-refractivity contribution in [1.82, 2.24) is 10.2 Å². The summed E-state index contributed by atoms with van der Waals surface area (Å²) < 4.78 is 0. The minimum atomic E-state index is 0.281. The Labute approximate surface area is 99.6 Å². The Hall–Kier alpha value is -0.570. The van der Waals surface area contributed by atoms with E-state index in [2.05, 4.69) is 5.32 Å². The number of hydrogen-bond donors (Lipinski definition) is 1. The summed E-state index contributed by atoms with van der Waals surface area (Å²) in [6.07, 6.45) is 6.18. The van der Waals surface area contributed by atoms with E-state index in [1.165, 1.54) is 25.7 Å². The van der Waals surface area contributed by atoms with Crippen LogP contribution in [0.2, 0.25) is 0 Å². The monoisotopic (exact) mass is 226 g/mol. The molecule has 0 unspecified atom stereocenters. The van der Waals surface area contributed by atoms with Gasteiger partial charge >= 0.3 is 0 Å². The van der Waals surface area contributed by atoms with Gasteiger partial charge in [-0.15, -0.1) is 0 Å². The summed E-state index contributed by atoms with van der Waals surface area (Å²) in [5.74, 6) is 1.15. The van der Waals surface area contributed by atoms with Gasteiger partial charge in [0.1, 0.15) is 0 Å². The van der Waals surface area contributed by atoms with Gasteiger partial charge in [-0.25, -0.2) is 0 Å². The predicted molar refractivity (Wildman–Crippen MR) is 67.4 cm³/mol. The van der Waals surface area contributed by atoms with E-state index in [-0.39, 0.29) is 5.91 Å². The normalized spacial score (nSPS) is 16.6. The maximum atomic E-state index is 11.7. The van der Waals surface area contributed by atoms with Gasteiger partial charge in [-0.2, -0.15) is 0 Å². The summed E-state index contributed by atoms with van der Waals surface area (Å²) in [5.41, 5.74) is 0. The second-order valence-corrected chi connectivity index (χ2v) is 4.67. The Bertz CT molecular complexity index is 196. The molecule has 3 heteroatoms. The van der Waals surface area contributed by atoms with E-state index in [1.54, 1.807) is 0 Å². The van der Waals surface area contributed by atoms with Crippen LogP contribution >= 0.6 is 0 Å². The van der Waals surface area contributed by atoms with Crippen LogP contribution < -0.4 is 5.32 Å². The molecule has 0 aromatic heterocycles. The molecule has 0 aromatic carbocycles. The molecule has 1 aliphatic rings. The topological polar surface area (TPSA) is 32.3 Å². The molecule has 1 rings (SSSR count). The van der Waals surface area contributed by atoms with Gasteiger partial charge in [0, 0.05) is 26.1 Å². The molecule has 0 bridgehead atoms. The third kappa shape index (κ3) is 4.52. The van der Waals surface area contributed by atoms with Crippen molar-refractivity contribution >= 4 is 5.91 Å². The molecule has 3 nitrogen and oxygen atoms in total. The maximum Gasteiger partial charge on any atom is 0.223 e. The molecular formula is C13H26N2O. The van der Waals surface area contributed by atoms with Crippen molar-refractivity contribution in [2.24, 2.45) is 5.92 Å². The van der Waals surface area contributed by atoms with Crippen LogP contribution in [-0.2, 0) is 4.79 Å². The molecule has 0 radical (unpaired) electrons. The zero-order valence-electron chi connectivity index (χ0n) is 10.8. The molecule has 1 amide bonds. The fraction of sp³-hybridized carbons (Fsp3) is 0.923. The third-order valence-corrected chi connectivity index (χ3v) is 3.54. The zero-order chi connectivity index (χ0) is 11.8. The van der Waals surface area contributed by atoms with Gasteiger partial charge in [-0.1, -0.05) is 12.8 Å². The zero-order valence-corrected chi connectivity index (χ0v) is 10.8. The van der Waals surface area contributed by atoms with Gasteiger partial charge in [0.05, 0.1) is 0 Å². The van der Waals surface area contributed by atoms with Crippen LogP contribution in [0.5, 0.6) is 0 Å². The molecule has 1 fully saturated rings. The highest BCUT2D eigenvalue weighted by atomic mass is 16.2. The van der Waals surface area contributed by atoms with Crippen molar-refractivity contribution in [3.05, 3.63) is 0 Å². The first-order chi connectivity index (χ1) is 7.77. The van der Waals surface area contributed by atoms with E-state index < -0.39 is 0 Å². The van der Waals surface area contributed by atoms with Crippen molar-refractivity contribution in [2.75, 3.05) is 26.2 Å². The highest BCUT2D eigenvalue weighted by molar-refractivity contribution is 5.76. The highest BCUT2D eigenvalue weighted by Crippen LogP contribution is 2.23. The fourth-order valence-electron chi connectivity index (χ4n) is 2.45. The van der Waals surface area contributed by atoms with E-state index in [0.29, 0.717) is 6.42 Å². The summed E-state index contributed by atoms with van der Waals surface area (Å²) in [6, 6.07) is 0. The van der Waals surface area contributed by atoms with E-state index in [1.807, 2.05) is 18.7 Å². The highest BCUT2D eigenvalue weighted by Gasteiger charge is 2.14. The maximum absolute atomic E-state index is 11.7. The molecular weight excluding hydrogens is 200 g/mol. The molecule has 0 spiro atoms. The van der Waals surface area contributed by atoms with Crippen molar-refractivity contribution in [1.29, 1.82) is 0 Å². The van der Waals surface area contributed by atoms with Crippen LogP contribution in [-0.4, -0.2) is 37.0 Å². The molecule has 94 valence electrons. The molecule has 0 atom stereocenters. The van der Waals surface area contributed by atoms with Crippen LogP contribution in [0.15, 0.2) is 0 Å². The molecule has 1 saturated carbocycles. The van der Waals surface area contributed by atoms with E-state index in [9.17, 15) is 4.79 Å². The first-order valence-corrected chi connectivity index (χ1v) is 6.76. The number of carbonyl (C=O) groups excluding carboxylic acids is 1.